The molecule has 0 bridgehead atoms. The van der Waals surface area contributed by atoms with Gasteiger partial charge in [-0.1, -0.05) is 5.16 Å². The molecule has 0 aliphatic rings. The molecule has 0 saturated heterocycles. The summed E-state index contributed by atoms with van der Waals surface area (Å²) in [5.74, 6) is -0.437. The van der Waals surface area contributed by atoms with Gasteiger partial charge in [0, 0.05) is 5.56 Å². The maximum absolute atomic E-state index is 12.0. The summed E-state index contributed by atoms with van der Waals surface area (Å²) >= 11 is 1.15. The molecule has 0 aliphatic carbocycles. The first kappa shape index (κ1) is 15.0. The lowest BCUT2D eigenvalue weighted by Gasteiger charge is -2.14. The summed E-state index contributed by atoms with van der Waals surface area (Å²) in [5.41, 5.74) is 1.59. The maximum atomic E-state index is 12.0. The number of aryl methyl sites for hydroxylation is 2. The van der Waals surface area contributed by atoms with Crippen LogP contribution >= 0.6 is 11.3 Å². The minimum Gasteiger partial charge on any atom is -0.478 e. The van der Waals surface area contributed by atoms with Crippen LogP contribution in [-0.4, -0.2) is 22.3 Å². The number of hydrogen-bond acceptors (Lipinski definition) is 5. The third-order valence-electron chi connectivity index (χ3n) is 2.99. The van der Waals surface area contributed by atoms with Gasteiger partial charge in [-0.25, -0.2) is 9.59 Å². The van der Waals surface area contributed by atoms with Crippen LogP contribution < -0.4 is 10.6 Å². The molecule has 2 amide bonds. The smallest absolute Gasteiger partial charge is 0.338 e. The summed E-state index contributed by atoms with van der Waals surface area (Å²) in [4.78, 5) is 22.9. The maximum Gasteiger partial charge on any atom is 0.338 e. The molecule has 0 radical (unpaired) electrons. The second-order valence-electron chi connectivity index (χ2n) is 4.53. The molecule has 0 saturated carbocycles. The third-order valence-corrected chi connectivity index (χ3v) is 3.82. The molecular weight excluding hydrogens is 294 g/mol. The second kappa shape index (κ2) is 5.96. The third kappa shape index (κ3) is 3.22. The summed E-state index contributed by atoms with van der Waals surface area (Å²) in [6.45, 7) is 5.37. The number of carbonyl (C=O) groups is 2. The fraction of sp³-hybridized carbons (Fsp3) is 0.308. The van der Waals surface area contributed by atoms with E-state index < -0.39 is 12.0 Å². The van der Waals surface area contributed by atoms with E-state index >= 15 is 0 Å². The van der Waals surface area contributed by atoms with Crippen molar-refractivity contribution in [2.75, 3.05) is 5.32 Å². The summed E-state index contributed by atoms with van der Waals surface area (Å²) in [6, 6.07) is 0.664. The van der Waals surface area contributed by atoms with Crippen molar-refractivity contribution in [2.45, 2.75) is 26.8 Å². The van der Waals surface area contributed by atoms with Crippen LogP contribution in [0.1, 0.15) is 40.3 Å². The number of carboxylic acid groups (broad SMARTS) is 1. The fourth-order valence-corrected chi connectivity index (χ4v) is 2.86. The lowest BCUT2D eigenvalue weighted by atomic mass is 10.1. The summed E-state index contributed by atoms with van der Waals surface area (Å²) in [6.07, 6.45) is 0. The first-order chi connectivity index (χ1) is 9.90. The number of nitrogens with one attached hydrogen (secondary N) is 2. The van der Waals surface area contributed by atoms with Crippen molar-refractivity contribution in [1.82, 2.24) is 10.5 Å². The molecule has 3 N–H and O–H groups in total. The second-order valence-corrected chi connectivity index (χ2v) is 5.44. The minimum atomic E-state index is -1.08. The van der Waals surface area contributed by atoms with Crippen molar-refractivity contribution < 1.29 is 19.2 Å². The van der Waals surface area contributed by atoms with Crippen molar-refractivity contribution in [3.63, 3.8) is 0 Å². The summed E-state index contributed by atoms with van der Waals surface area (Å²) < 4.78 is 5.06. The Balaban J connectivity index is 2.05. The number of nitrogens with zero attached hydrogens (tertiary/aromatic N) is 1. The van der Waals surface area contributed by atoms with Gasteiger partial charge in [0.2, 0.25) is 0 Å². The molecule has 21 heavy (non-hydrogen) atoms. The Hall–Kier alpha value is -2.35. The number of thiophene rings is 1. The van der Waals surface area contributed by atoms with E-state index in [4.69, 9.17) is 9.63 Å². The predicted molar refractivity (Wildman–Crippen MR) is 77.8 cm³/mol. The van der Waals surface area contributed by atoms with Gasteiger partial charge in [-0.3, -0.25) is 5.32 Å². The van der Waals surface area contributed by atoms with Crippen LogP contribution in [0.3, 0.4) is 0 Å². The molecule has 112 valence electrons. The highest BCUT2D eigenvalue weighted by Gasteiger charge is 2.19. The molecular formula is C13H15N3O4S. The minimum absolute atomic E-state index is 0.0696. The first-order valence-electron chi connectivity index (χ1n) is 6.21. The van der Waals surface area contributed by atoms with Crippen LogP contribution in [0.4, 0.5) is 9.80 Å². The van der Waals surface area contributed by atoms with E-state index in [2.05, 4.69) is 15.8 Å². The standard InChI is InChI=1S/C13H15N3O4S/c1-6(10-7(2)16-20-8(10)3)14-13(19)15-11-9(12(17)18)4-5-21-11/h4-6H,1-3H3,(H,17,18)(H2,14,15,19). The van der Waals surface area contributed by atoms with Crippen molar-refractivity contribution in [1.29, 1.82) is 0 Å². The predicted octanol–water partition coefficient (Wildman–Crippen LogP) is 2.93. The number of carbonyl (C=O) groups excluding carboxylic acids is 1. The normalized spacial score (nSPS) is 12.0. The molecule has 7 nitrogen and oxygen atoms in total. The van der Waals surface area contributed by atoms with E-state index in [0.717, 1.165) is 16.9 Å². The lowest BCUT2D eigenvalue weighted by molar-refractivity contribution is 0.0698. The van der Waals surface area contributed by atoms with Crippen molar-refractivity contribution >= 4 is 28.3 Å². The number of hydrogen-bond donors (Lipinski definition) is 3. The van der Waals surface area contributed by atoms with Crippen LogP contribution in [0.5, 0.6) is 0 Å². The number of rotatable bonds is 4. The topological polar surface area (TPSA) is 104 Å². The Labute approximate surface area is 125 Å². The van der Waals surface area contributed by atoms with Crippen LogP contribution in [0.25, 0.3) is 0 Å². The van der Waals surface area contributed by atoms with E-state index in [9.17, 15) is 9.59 Å². The van der Waals surface area contributed by atoms with Gasteiger partial charge in [0.1, 0.15) is 10.8 Å². The highest BCUT2D eigenvalue weighted by atomic mass is 32.1. The molecule has 1 unspecified atom stereocenters. The van der Waals surface area contributed by atoms with Crippen LogP contribution in [0.2, 0.25) is 0 Å². The quantitative estimate of drug-likeness (QED) is 0.805. The van der Waals surface area contributed by atoms with E-state index in [-0.39, 0.29) is 11.6 Å². The average molecular weight is 309 g/mol. The van der Waals surface area contributed by atoms with Gasteiger partial charge in [-0.05, 0) is 32.2 Å². The summed E-state index contributed by atoms with van der Waals surface area (Å²) in [7, 11) is 0. The molecule has 0 aromatic carbocycles. The van der Waals surface area contributed by atoms with Crippen LogP contribution in [0.15, 0.2) is 16.0 Å². The number of aromatic carboxylic acids is 1. The zero-order chi connectivity index (χ0) is 15.6. The average Bonchev–Trinajstić information content (AvgIpc) is 2.96. The fourth-order valence-electron chi connectivity index (χ4n) is 2.09. The van der Waals surface area contributed by atoms with Crippen LogP contribution in [0, 0.1) is 13.8 Å². The Kier molecular flexibility index (Phi) is 4.27. The lowest BCUT2D eigenvalue weighted by Crippen LogP contribution is -2.31. The molecule has 0 spiro atoms. The van der Waals surface area contributed by atoms with Crippen molar-refractivity contribution in [3.8, 4) is 0 Å². The molecule has 2 rings (SSSR count). The highest BCUT2D eigenvalue weighted by molar-refractivity contribution is 7.14. The molecule has 2 heterocycles. The molecule has 2 aromatic heterocycles. The molecule has 1 atom stereocenters. The van der Waals surface area contributed by atoms with Crippen molar-refractivity contribution in [2.24, 2.45) is 0 Å². The SMILES string of the molecule is Cc1noc(C)c1C(C)NC(=O)Nc1sccc1C(=O)O. The van der Waals surface area contributed by atoms with E-state index in [0.29, 0.717) is 16.5 Å². The van der Waals surface area contributed by atoms with Gasteiger partial charge >= 0.3 is 12.0 Å². The number of urea groups is 1. The van der Waals surface area contributed by atoms with Gasteiger partial charge in [-0.15, -0.1) is 11.3 Å². The Morgan fingerprint density at radius 3 is 2.71 bits per heavy atom. The molecule has 8 heteroatoms. The summed E-state index contributed by atoms with van der Waals surface area (Å²) in [5, 5.41) is 20.0. The molecule has 0 aliphatic heterocycles. The van der Waals surface area contributed by atoms with Gasteiger partial charge in [0.05, 0.1) is 17.3 Å². The number of carboxylic acids is 1. The first-order valence-corrected chi connectivity index (χ1v) is 7.09. The van der Waals surface area contributed by atoms with Crippen molar-refractivity contribution in [3.05, 3.63) is 34.0 Å². The largest absolute Gasteiger partial charge is 0.478 e. The van der Waals surface area contributed by atoms with Gasteiger partial charge in [-0.2, -0.15) is 0 Å². The Morgan fingerprint density at radius 2 is 2.14 bits per heavy atom. The number of anilines is 1. The monoisotopic (exact) mass is 309 g/mol. The molecule has 2 aromatic rings. The zero-order valence-corrected chi connectivity index (χ0v) is 12.6. The number of aromatic nitrogens is 1. The van der Waals surface area contributed by atoms with Gasteiger partial charge in [0.15, 0.2) is 0 Å². The Bertz CT molecular complexity index is 657. The highest BCUT2D eigenvalue weighted by Crippen LogP contribution is 2.24. The van der Waals surface area contributed by atoms with E-state index in [1.165, 1.54) is 6.07 Å². The van der Waals surface area contributed by atoms with E-state index in [1.54, 1.807) is 26.2 Å². The van der Waals surface area contributed by atoms with Crippen LogP contribution in [-0.2, 0) is 0 Å². The van der Waals surface area contributed by atoms with Gasteiger partial charge < -0.3 is 14.9 Å². The van der Waals surface area contributed by atoms with Gasteiger partial charge in [0.25, 0.3) is 0 Å². The van der Waals surface area contributed by atoms with E-state index in [1.807, 2.05) is 0 Å². The zero-order valence-electron chi connectivity index (χ0n) is 11.8. The Morgan fingerprint density at radius 1 is 1.43 bits per heavy atom. The molecule has 0 fully saturated rings. The number of amides is 2.